The number of thiazole rings is 1. The highest BCUT2D eigenvalue weighted by atomic mass is 32.1. The van der Waals surface area contributed by atoms with Gasteiger partial charge in [-0.25, -0.2) is 9.97 Å². The van der Waals surface area contributed by atoms with Crippen molar-refractivity contribution in [1.29, 1.82) is 0 Å². The minimum absolute atomic E-state index is 0.139. The molecule has 0 saturated carbocycles. The normalized spacial score (nSPS) is 18.9. The van der Waals surface area contributed by atoms with E-state index >= 15 is 0 Å². The summed E-state index contributed by atoms with van der Waals surface area (Å²) < 4.78 is 11.0. The SMILES string of the molecule is Cc1cc(-c2sc(N3C[C@@H](C)O[C@@H](C)C3)nc2CNC(=O)c2coc(C)n2)cc(C)n1. The van der Waals surface area contributed by atoms with Crippen molar-refractivity contribution in [3.05, 3.63) is 47.1 Å². The third-order valence-corrected chi connectivity index (χ3v) is 6.20. The van der Waals surface area contributed by atoms with Crippen molar-refractivity contribution in [2.45, 2.75) is 53.4 Å². The molecule has 1 aliphatic rings. The van der Waals surface area contributed by atoms with Crippen LogP contribution in [0, 0.1) is 20.8 Å². The van der Waals surface area contributed by atoms with E-state index in [0.29, 0.717) is 12.4 Å². The minimum Gasteiger partial charge on any atom is -0.448 e. The molecule has 0 aliphatic carbocycles. The second-order valence-corrected chi connectivity index (χ2v) is 8.99. The monoisotopic (exact) mass is 441 g/mol. The van der Waals surface area contributed by atoms with Crippen LogP contribution < -0.4 is 10.2 Å². The van der Waals surface area contributed by atoms with E-state index in [4.69, 9.17) is 14.1 Å². The Morgan fingerprint density at radius 1 is 1.13 bits per heavy atom. The lowest BCUT2D eigenvalue weighted by molar-refractivity contribution is -0.00523. The molecule has 9 heteroatoms. The maximum atomic E-state index is 12.5. The lowest BCUT2D eigenvalue weighted by Crippen LogP contribution is -2.45. The summed E-state index contributed by atoms with van der Waals surface area (Å²) in [6, 6.07) is 4.11. The number of amides is 1. The lowest BCUT2D eigenvalue weighted by atomic mass is 10.1. The molecule has 0 spiro atoms. The number of rotatable bonds is 5. The van der Waals surface area contributed by atoms with Crippen LogP contribution in [0.4, 0.5) is 5.13 Å². The van der Waals surface area contributed by atoms with Crippen molar-refractivity contribution in [3.8, 4) is 10.4 Å². The van der Waals surface area contributed by atoms with Gasteiger partial charge in [0.05, 0.1) is 29.3 Å². The summed E-state index contributed by atoms with van der Waals surface area (Å²) >= 11 is 1.64. The molecule has 0 radical (unpaired) electrons. The number of pyridine rings is 1. The molecule has 1 N–H and O–H groups in total. The first-order chi connectivity index (χ1) is 14.8. The van der Waals surface area contributed by atoms with E-state index in [1.165, 1.54) is 6.26 Å². The average molecular weight is 442 g/mol. The largest absolute Gasteiger partial charge is 0.448 e. The van der Waals surface area contributed by atoms with Gasteiger partial charge in [0.1, 0.15) is 6.26 Å². The fraction of sp³-hybridized carbons (Fsp3) is 0.455. The first kappa shape index (κ1) is 21.5. The summed E-state index contributed by atoms with van der Waals surface area (Å²) in [7, 11) is 0. The Balaban J connectivity index is 1.64. The molecular weight excluding hydrogens is 414 g/mol. The molecule has 2 atom stereocenters. The molecule has 164 valence electrons. The first-order valence-electron chi connectivity index (χ1n) is 10.3. The molecule has 1 saturated heterocycles. The van der Waals surface area contributed by atoms with Gasteiger partial charge < -0.3 is 19.4 Å². The van der Waals surface area contributed by atoms with E-state index in [1.807, 2.05) is 13.8 Å². The Bertz CT molecular complexity index is 1060. The molecule has 0 bridgehead atoms. The molecule has 4 rings (SSSR count). The number of morpholine rings is 1. The van der Waals surface area contributed by atoms with E-state index in [9.17, 15) is 4.79 Å². The molecule has 3 aromatic heterocycles. The lowest BCUT2D eigenvalue weighted by Gasteiger charge is -2.35. The van der Waals surface area contributed by atoms with Gasteiger partial charge in [-0.05, 0) is 45.4 Å². The van der Waals surface area contributed by atoms with Gasteiger partial charge in [0, 0.05) is 31.4 Å². The maximum Gasteiger partial charge on any atom is 0.273 e. The van der Waals surface area contributed by atoms with Gasteiger partial charge in [-0.15, -0.1) is 0 Å². The van der Waals surface area contributed by atoms with Crippen molar-refractivity contribution in [3.63, 3.8) is 0 Å². The van der Waals surface area contributed by atoms with Crippen molar-refractivity contribution >= 4 is 22.4 Å². The van der Waals surface area contributed by atoms with Crippen molar-refractivity contribution in [2.75, 3.05) is 18.0 Å². The number of aromatic nitrogens is 3. The first-order valence-corrected chi connectivity index (χ1v) is 11.2. The van der Waals surface area contributed by atoms with Crippen molar-refractivity contribution in [2.24, 2.45) is 0 Å². The highest BCUT2D eigenvalue weighted by Crippen LogP contribution is 2.36. The van der Waals surface area contributed by atoms with Crippen LogP contribution in [-0.2, 0) is 11.3 Å². The zero-order valence-electron chi connectivity index (χ0n) is 18.4. The van der Waals surface area contributed by atoms with Crippen LogP contribution in [-0.4, -0.2) is 46.2 Å². The summed E-state index contributed by atoms with van der Waals surface area (Å²) in [5.41, 5.74) is 4.05. The number of carbonyl (C=O) groups excluding carboxylic acids is 1. The second kappa shape index (κ2) is 8.76. The van der Waals surface area contributed by atoms with Gasteiger partial charge in [0.15, 0.2) is 16.7 Å². The molecule has 4 heterocycles. The highest BCUT2D eigenvalue weighted by molar-refractivity contribution is 7.19. The minimum atomic E-state index is -0.284. The average Bonchev–Trinajstić information content (AvgIpc) is 3.31. The van der Waals surface area contributed by atoms with Crippen LogP contribution in [0.5, 0.6) is 0 Å². The van der Waals surface area contributed by atoms with Crippen LogP contribution in [0.3, 0.4) is 0 Å². The van der Waals surface area contributed by atoms with E-state index in [2.05, 4.69) is 46.2 Å². The number of hydrogen-bond donors (Lipinski definition) is 1. The second-order valence-electron chi connectivity index (χ2n) is 8.01. The van der Waals surface area contributed by atoms with Crippen molar-refractivity contribution in [1.82, 2.24) is 20.3 Å². The predicted molar refractivity (Wildman–Crippen MR) is 119 cm³/mol. The van der Waals surface area contributed by atoms with Gasteiger partial charge in [-0.1, -0.05) is 11.3 Å². The molecule has 3 aromatic rings. The summed E-state index contributed by atoms with van der Waals surface area (Å²) in [5.74, 6) is 0.174. The Kier molecular flexibility index (Phi) is 6.06. The smallest absolute Gasteiger partial charge is 0.273 e. The van der Waals surface area contributed by atoms with Crippen LogP contribution in [0.15, 0.2) is 22.8 Å². The van der Waals surface area contributed by atoms with Gasteiger partial charge in [0.2, 0.25) is 0 Å². The molecule has 1 fully saturated rings. The zero-order valence-corrected chi connectivity index (χ0v) is 19.2. The summed E-state index contributed by atoms with van der Waals surface area (Å²) in [4.78, 5) is 29.3. The third-order valence-electron chi connectivity index (χ3n) is 4.99. The zero-order chi connectivity index (χ0) is 22.1. The number of carbonyl (C=O) groups is 1. The molecule has 1 aliphatic heterocycles. The van der Waals surface area contributed by atoms with E-state index in [0.717, 1.165) is 45.7 Å². The summed E-state index contributed by atoms with van der Waals surface area (Å²) in [5, 5.41) is 3.86. The fourth-order valence-electron chi connectivity index (χ4n) is 3.84. The Labute approximate surface area is 185 Å². The number of ether oxygens (including phenoxy) is 1. The molecule has 0 unspecified atom stereocenters. The van der Waals surface area contributed by atoms with Gasteiger partial charge >= 0.3 is 0 Å². The molecule has 31 heavy (non-hydrogen) atoms. The Hall–Kier alpha value is -2.78. The highest BCUT2D eigenvalue weighted by Gasteiger charge is 2.26. The van der Waals surface area contributed by atoms with Crippen LogP contribution >= 0.6 is 11.3 Å². The van der Waals surface area contributed by atoms with Crippen LogP contribution in [0.2, 0.25) is 0 Å². The number of anilines is 1. The number of hydrogen-bond acceptors (Lipinski definition) is 8. The van der Waals surface area contributed by atoms with Gasteiger partial charge in [-0.2, -0.15) is 0 Å². The predicted octanol–water partition coefficient (Wildman–Crippen LogP) is 3.66. The van der Waals surface area contributed by atoms with E-state index in [-0.39, 0.29) is 23.8 Å². The third kappa shape index (κ3) is 4.94. The number of oxazole rings is 1. The molecular formula is C22H27N5O3S. The Morgan fingerprint density at radius 3 is 2.42 bits per heavy atom. The van der Waals surface area contributed by atoms with Crippen molar-refractivity contribution < 1.29 is 13.9 Å². The van der Waals surface area contributed by atoms with E-state index in [1.54, 1.807) is 18.3 Å². The van der Waals surface area contributed by atoms with Crippen LogP contribution in [0.1, 0.15) is 47.3 Å². The summed E-state index contributed by atoms with van der Waals surface area (Å²) in [6.07, 6.45) is 1.64. The van der Waals surface area contributed by atoms with Crippen LogP contribution in [0.25, 0.3) is 10.4 Å². The van der Waals surface area contributed by atoms with Gasteiger partial charge in [-0.3, -0.25) is 9.78 Å². The number of aryl methyl sites for hydroxylation is 3. The quantitative estimate of drug-likeness (QED) is 0.646. The molecule has 1 amide bonds. The topological polar surface area (TPSA) is 93.4 Å². The Morgan fingerprint density at radius 2 is 1.81 bits per heavy atom. The maximum absolute atomic E-state index is 12.5. The number of nitrogens with zero attached hydrogens (tertiary/aromatic N) is 4. The summed E-state index contributed by atoms with van der Waals surface area (Å²) in [6.45, 7) is 11.7. The van der Waals surface area contributed by atoms with E-state index < -0.39 is 0 Å². The molecule has 0 aromatic carbocycles. The number of nitrogens with one attached hydrogen (secondary N) is 1. The fourth-order valence-corrected chi connectivity index (χ4v) is 4.93. The molecule has 8 nitrogen and oxygen atoms in total. The van der Waals surface area contributed by atoms with Gasteiger partial charge in [0.25, 0.3) is 5.91 Å². The standard InChI is InChI=1S/C22H27N5O3S/c1-12-6-17(7-13(2)24-12)20-18(8-23-21(28)19-11-29-16(5)25-19)26-22(31-20)27-9-14(3)30-15(4)10-27/h6-7,11,14-15H,8-10H2,1-5H3,(H,23,28)/t14-,15+.